The SMILES string of the molecule is CC(C)c1cc(NC2CC(OCc3ccccc3)C2)c2nncn2n1. The molecule has 3 aromatic rings. The predicted molar refractivity (Wildman–Crippen MR) is 96.5 cm³/mol. The van der Waals surface area contributed by atoms with Gasteiger partial charge in [-0.15, -0.1) is 10.2 Å². The Hall–Kier alpha value is -2.47. The molecule has 1 aliphatic carbocycles. The minimum Gasteiger partial charge on any atom is -0.379 e. The van der Waals surface area contributed by atoms with Gasteiger partial charge in [-0.1, -0.05) is 44.2 Å². The second kappa shape index (κ2) is 6.80. The van der Waals surface area contributed by atoms with Crippen LogP contribution in [0, 0.1) is 0 Å². The number of rotatable bonds is 6. The van der Waals surface area contributed by atoms with Gasteiger partial charge in [0.25, 0.3) is 0 Å². The average molecular weight is 337 g/mol. The molecule has 1 aliphatic rings. The van der Waals surface area contributed by atoms with Crippen molar-refractivity contribution < 1.29 is 4.74 Å². The van der Waals surface area contributed by atoms with E-state index in [1.165, 1.54) is 5.56 Å². The highest BCUT2D eigenvalue weighted by molar-refractivity contribution is 5.67. The molecule has 0 unspecified atom stereocenters. The minimum absolute atomic E-state index is 0.318. The summed E-state index contributed by atoms with van der Waals surface area (Å²) >= 11 is 0. The Bertz CT molecular complexity index is 839. The zero-order chi connectivity index (χ0) is 17.2. The third-order valence-corrected chi connectivity index (χ3v) is 4.66. The number of nitrogens with zero attached hydrogens (tertiary/aromatic N) is 4. The Morgan fingerprint density at radius 1 is 1.24 bits per heavy atom. The van der Waals surface area contributed by atoms with Crippen LogP contribution in [0.4, 0.5) is 5.69 Å². The molecule has 0 bridgehead atoms. The maximum absolute atomic E-state index is 5.98. The summed E-state index contributed by atoms with van der Waals surface area (Å²) in [4.78, 5) is 0. The molecule has 2 heterocycles. The van der Waals surface area contributed by atoms with Crippen molar-refractivity contribution in [2.45, 2.75) is 51.4 Å². The first-order valence-corrected chi connectivity index (χ1v) is 8.82. The lowest BCUT2D eigenvalue weighted by atomic mass is 9.89. The maximum atomic E-state index is 5.98. The molecule has 4 rings (SSSR count). The van der Waals surface area contributed by atoms with E-state index in [1.807, 2.05) is 18.2 Å². The number of fused-ring (bicyclic) bond motifs is 1. The van der Waals surface area contributed by atoms with Gasteiger partial charge < -0.3 is 10.1 Å². The molecule has 2 aromatic heterocycles. The number of benzene rings is 1. The van der Waals surface area contributed by atoms with Crippen LogP contribution in [0.25, 0.3) is 5.65 Å². The molecule has 0 aliphatic heterocycles. The molecule has 1 N–H and O–H groups in total. The Morgan fingerprint density at radius 2 is 2.04 bits per heavy atom. The largest absolute Gasteiger partial charge is 0.379 e. The zero-order valence-electron chi connectivity index (χ0n) is 14.6. The van der Waals surface area contributed by atoms with Crippen LogP contribution >= 0.6 is 0 Å². The fraction of sp³-hybridized carbons (Fsp3) is 0.421. The van der Waals surface area contributed by atoms with Crippen LogP contribution in [0.15, 0.2) is 42.7 Å². The standard InChI is InChI=1S/C19H23N5O/c1-13(2)17-10-18(19-22-20-12-24(19)23-17)21-15-8-16(9-15)25-11-14-6-4-3-5-7-14/h3-7,10,12-13,15-16,21H,8-9,11H2,1-2H3. The highest BCUT2D eigenvalue weighted by Gasteiger charge is 2.30. The molecule has 1 aromatic carbocycles. The highest BCUT2D eigenvalue weighted by atomic mass is 16.5. The van der Waals surface area contributed by atoms with E-state index >= 15 is 0 Å². The molecule has 1 fully saturated rings. The quantitative estimate of drug-likeness (QED) is 0.747. The van der Waals surface area contributed by atoms with Gasteiger partial charge in [0.15, 0.2) is 0 Å². The molecular formula is C19H23N5O. The minimum atomic E-state index is 0.318. The van der Waals surface area contributed by atoms with Crippen molar-refractivity contribution in [1.82, 2.24) is 19.8 Å². The maximum Gasteiger partial charge on any atom is 0.200 e. The summed E-state index contributed by atoms with van der Waals surface area (Å²) in [6, 6.07) is 12.8. The van der Waals surface area contributed by atoms with Gasteiger partial charge in [-0.3, -0.25) is 0 Å². The summed E-state index contributed by atoms with van der Waals surface area (Å²) in [6.07, 6.45) is 3.98. The van der Waals surface area contributed by atoms with Crippen LogP contribution in [0.2, 0.25) is 0 Å². The lowest BCUT2D eigenvalue weighted by molar-refractivity contribution is -0.0150. The highest BCUT2D eigenvalue weighted by Crippen LogP contribution is 2.29. The molecule has 0 saturated heterocycles. The fourth-order valence-corrected chi connectivity index (χ4v) is 3.06. The van der Waals surface area contributed by atoms with Gasteiger partial charge in [0, 0.05) is 6.04 Å². The first-order valence-electron chi connectivity index (χ1n) is 8.82. The van der Waals surface area contributed by atoms with E-state index in [0.717, 1.165) is 29.9 Å². The van der Waals surface area contributed by atoms with Gasteiger partial charge in [0.1, 0.15) is 6.33 Å². The molecule has 0 radical (unpaired) electrons. The summed E-state index contributed by atoms with van der Waals surface area (Å²) in [5.74, 6) is 0.357. The number of hydrogen-bond donors (Lipinski definition) is 1. The molecule has 0 atom stereocenters. The first kappa shape index (κ1) is 16.0. The second-order valence-corrected chi connectivity index (χ2v) is 6.97. The van der Waals surface area contributed by atoms with Gasteiger partial charge in [-0.05, 0) is 30.4 Å². The average Bonchev–Trinajstić information content (AvgIpc) is 3.06. The Morgan fingerprint density at radius 3 is 2.80 bits per heavy atom. The molecule has 1 saturated carbocycles. The molecule has 6 heteroatoms. The van der Waals surface area contributed by atoms with Crippen molar-refractivity contribution in [2.24, 2.45) is 0 Å². The van der Waals surface area contributed by atoms with Crippen LogP contribution in [-0.4, -0.2) is 32.0 Å². The fourth-order valence-electron chi connectivity index (χ4n) is 3.06. The van der Waals surface area contributed by atoms with E-state index in [9.17, 15) is 0 Å². The molecule has 25 heavy (non-hydrogen) atoms. The summed E-state index contributed by atoms with van der Waals surface area (Å²) < 4.78 is 7.73. The number of ether oxygens (including phenoxy) is 1. The van der Waals surface area contributed by atoms with E-state index < -0.39 is 0 Å². The van der Waals surface area contributed by atoms with E-state index in [4.69, 9.17) is 4.74 Å². The normalized spacial score (nSPS) is 20.0. The number of anilines is 1. The first-order chi connectivity index (χ1) is 12.2. The lowest BCUT2D eigenvalue weighted by Crippen LogP contribution is -2.40. The summed E-state index contributed by atoms with van der Waals surface area (Å²) in [5.41, 5.74) is 4.03. The van der Waals surface area contributed by atoms with E-state index in [-0.39, 0.29) is 0 Å². The monoisotopic (exact) mass is 337 g/mol. The van der Waals surface area contributed by atoms with Gasteiger partial charge in [0.05, 0.1) is 24.1 Å². The second-order valence-electron chi connectivity index (χ2n) is 6.97. The van der Waals surface area contributed by atoms with Crippen LogP contribution in [0.5, 0.6) is 0 Å². The Labute approximate surface area is 147 Å². The van der Waals surface area contributed by atoms with Crippen molar-refractivity contribution >= 4 is 11.3 Å². The topological polar surface area (TPSA) is 64.3 Å². The van der Waals surface area contributed by atoms with Crippen molar-refractivity contribution in [3.05, 3.63) is 54.0 Å². The lowest BCUT2D eigenvalue weighted by Gasteiger charge is -2.36. The van der Waals surface area contributed by atoms with Gasteiger partial charge in [-0.25, -0.2) is 0 Å². The third kappa shape index (κ3) is 3.49. The molecular weight excluding hydrogens is 314 g/mol. The predicted octanol–water partition coefficient (Wildman–Crippen LogP) is 3.41. The van der Waals surface area contributed by atoms with Crippen molar-refractivity contribution in [2.75, 3.05) is 5.32 Å². The van der Waals surface area contributed by atoms with Crippen molar-refractivity contribution in [1.29, 1.82) is 0 Å². The van der Waals surface area contributed by atoms with Crippen LogP contribution in [0.3, 0.4) is 0 Å². The molecule has 0 amide bonds. The van der Waals surface area contributed by atoms with Crippen molar-refractivity contribution in [3.63, 3.8) is 0 Å². The zero-order valence-corrected chi connectivity index (χ0v) is 14.6. The van der Waals surface area contributed by atoms with Crippen LogP contribution in [0.1, 0.15) is 43.9 Å². The van der Waals surface area contributed by atoms with E-state index in [2.05, 4.69) is 52.7 Å². The molecule has 130 valence electrons. The summed E-state index contributed by atoms with van der Waals surface area (Å²) in [5, 5.41) is 16.3. The number of nitrogens with one attached hydrogen (secondary N) is 1. The smallest absolute Gasteiger partial charge is 0.200 e. The van der Waals surface area contributed by atoms with Crippen LogP contribution in [-0.2, 0) is 11.3 Å². The van der Waals surface area contributed by atoms with Crippen LogP contribution < -0.4 is 5.32 Å². The molecule has 6 nitrogen and oxygen atoms in total. The number of aromatic nitrogens is 4. The third-order valence-electron chi connectivity index (χ3n) is 4.66. The number of hydrogen-bond acceptors (Lipinski definition) is 5. The van der Waals surface area contributed by atoms with Crippen molar-refractivity contribution in [3.8, 4) is 0 Å². The Kier molecular flexibility index (Phi) is 4.36. The van der Waals surface area contributed by atoms with Gasteiger partial charge in [0.2, 0.25) is 5.65 Å². The van der Waals surface area contributed by atoms with Gasteiger partial charge >= 0.3 is 0 Å². The molecule has 0 spiro atoms. The summed E-state index contributed by atoms with van der Waals surface area (Å²) in [6.45, 7) is 4.96. The van der Waals surface area contributed by atoms with Gasteiger partial charge in [-0.2, -0.15) is 9.61 Å². The van der Waals surface area contributed by atoms with E-state index in [0.29, 0.717) is 24.7 Å². The van der Waals surface area contributed by atoms with E-state index in [1.54, 1.807) is 10.8 Å². The summed E-state index contributed by atoms with van der Waals surface area (Å²) in [7, 11) is 0. The Balaban J connectivity index is 1.36.